The van der Waals surface area contributed by atoms with Crippen molar-refractivity contribution in [1.82, 2.24) is 0 Å². The van der Waals surface area contributed by atoms with E-state index in [0.29, 0.717) is 18.9 Å². The fourth-order valence-electron chi connectivity index (χ4n) is 2.98. The highest BCUT2D eigenvalue weighted by Crippen LogP contribution is 2.38. The number of ether oxygens (including phenoxy) is 1. The molecule has 2 heteroatoms. The lowest BCUT2D eigenvalue weighted by molar-refractivity contribution is 0.0932. The van der Waals surface area contributed by atoms with Gasteiger partial charge in [0.2, 0.25) is 0 Å². The van der Waals surface area contributed by atoms with Gasteiger partial charge in [0.25, 0.3) is 0 Å². The molecule has 0 amide bonds. The Labute approximate surface area is 121 Å². The van der Waals surface area contributed by atoms with Gasteiger partial charge in [-0.15, -0.1) is 6.58 Å². The predicted molar refractivity (Wildman–Crippen MR) is 82.7 cm³/mol. The fourth-order valence-corrected chi connectivity index (χ4v) is 2.98. The molecule has 1 aromatic rings. The highest BCUT2D eigenvalue weighted by atomic mass is 16.5. The molecule has 2 nitrogen and oxygen atoms in total. The van der Waals surface area contributed by atoms with Crippen LogP contribution in [0.5, 0.6) is 5.75 Å². The predicted octanol–water partition coefficient (Wildman–Crippen LogP) is 4.81. The van der Waals surface area contributed by atoms with E-state index in [-0.39, 0.29) is 5.78 Å². The van der Waals surface area contributed by atoms with Crippen LogP contribution in [0, 0.1) is 6.92 Å². The van der Waals surface area contributed by atoms with Crippen LogP contribution >= 0.6 is 0 Å². The zero-order valence-corrected chi connectivity index (χ0v) is 12.6. The minimum absolute atomic E-state index is 0.218. The number of Topliss-reactive ketones (excluding diaryl/α,β-unsaturated/α-hetero) is 1. The first-order valence-corrected chi connectivity index (χ1v) is 7.58. The Balaban J connectivity index is 2.42. The summed E-state index contributed by atoms with van der Waals surface area (Å²) in [5.74, 6) is 1.52. The van der Waals surface area contributed by atoms with Gasteiger partial charge in [-0.25, -0.2) is 0 Å². The van der Waals surface area contributed by atoms with E-state index in [2.05, 4.69) is 26.5 Å². The number of rotatable bonds is 6. The summed E-state index contributed by atoms with van der Waals surface area (Å²) in [4.78, 5) is 12.1. The zero-order chi connectivity index (χ0) is 14.5. The van der Waals surface area contributed by atoms with Gasteiger partial charge in [-0.1, -0.05) is 25.5 Å². The van der Waals surface area contributed by atoms with Gasteiger partial charge in [-0.2, -0.15) is 0 Å². The number of aryl methyl sites for hydroxylation is 1. The third-order valence-electron chi connectivity index (χ3n) is 3.93. The lowest BCUT2D eigenvalue weighted by Crippen LogP contribution is -2.18. The average molecular weight is 272 g/mol. The topological polar surface area (TPSA) is 26.3 Å². The maximum Gasteiger partial charge on any atom is 0.170 e. The maximum absolute atomic E-state index is 12.1. The largest absolute Gasteiger partial charge is 0.492 e. The highest BCUT2D eigenvalue weighted by Gasteiger charge is 2.25. The van der Waals surface area contributed by atoms with E-state index in [0.717, 1.165) is 42.6 Å². The van der Waals surface area contributed by atoms with Gasteiger partial charge >= 0.3 is 0 Å². The molecule has 0 fully saturated rings. The number of carbonyl (C=O) groups excluding carboxylic acids is 1. The van der Waals surface area contributed by atoms with Crippen molar-refractivity contribution in [3.8, 4) is 5.75 Å². The van der Waals surface area contributed by atoms with Gasteiger partial charge < -0.3 is 4.74 Å². The summed E-state index contributed by atoms with van der Waals surface area (Å²) in [6.45, 7) is 8.60. The van der Waals surface area contributed by atoms with Gasteiger partial charge in [0, 0.05) is 6.42 Å². The van der Waals surface area contributed by atoms with E-state index in [1.54, 1.807) is 0 Å². The summed E-state index contributed by atoms with van der Waals surface area (Å²) < 4.78 is 5.84. The Kier molecular flexibility index (Phi) is 4.99. The Hall–Kier alpha value is -1.57. The molecule has 108 valence electrons. The van der Waals surface area contributed by atoms with Crippen molar-refractivity contribution in [2.45, 2.75) is 51.9 Å². The maximum atomic E-state index is 12.1. The van der Waals surface area contributed by atoms with Crippen molar-refractivity contribution >= 4 is 5.78 Å². The second-order valence-corrected chi connectivity index (χ2v) is 5.60. The number of benzene rings is 1. The zero-order valence-electron chi connectivity index (χ0n) is 12.6. The normalized spacial score (nSPS) is 15.4. The quantitative estimate of drug-likeness (QED) is 0.695. The molecule has 1 atom stereocenters. The molecule has 0 saturated heterocycles. The molecule has 0 aliphatic carbocycles. The second-order valence-electron chi connectivity index (χ2n) is 5.60. The van der Waals surface area contributed by atoms with E-state index >= 15 is 0 Å². The van der Waals surface area contributed by atoms with Crippen molar-refractivity contribution in [3.05, 3.63) is 41.5 Å². The smallest absolute Gasteiger partial charge is 0.170 e. The van der Waals surface area contributed by atoms with Gasteiger partial charge in [0.05, 0.1) is 12.2 Å². The first-order chi connectivity index (χ1) is 9.67. The Bertz CT molecular complexity index is 502. The summed E-state index contributed by atoms with van der Waals surface area (Å²) in [6.07, 6.45) is 6.81. The fraction of sp³-hybridized carbons (Fsp3) is 0.500. The first-order valence-electron chi connectivity index (χ1n) is 7.58. The van der Waals surface area contributed by atoms with Gasteiger partial charge in [-0.05, 0) is 49.3 Å². The average Bonchev–Trinajstić information content (AvgIpc) is 2.44. The number of ketones is 1. The van der Waals surface area contributed by atoms with E-state index < -0.39 is 0 Å². The van der Waals surface area contributed by atoms with E-state index in [4.69, 9.17) is 4.74 Å². The molecule has 1 heterocycles. The third-order valence-corrected chi connectivity index (χ3v) is 3.93. The lowest BCUT2D eigenvalue weighted by Gasteiger charge is -2.25. The molecule has 20 heavy (non-hydrogen) atoms. The number of carbonyl (C=O) groups is 1. The minimum atomic E-state index is 0.218. The summed E-state index contributed by atoms with van der Waals surface area (Å²) in [7, 11) is 0. The minimum Gasteiger partial charge on any atom is -0.492 e. The van der Waals surface area contributed by atoms with Crippen LogP contribution in [0.3, 0.4) is 0 Å². The molecule has 0 radical (unpaired) electrons. The molecule has 0 bridgehead atoms. The summed E-state index contributed by atoms with van der Waals surface area (Å²) in [5, 5.41) is 0. The number of hydrogen-bond acceptors (Lipinski definition) is 2. The molecular weight excluding hydrogens is 248 g/mol. The van der Waals surface area contributed by atoms with Crippen LogP contribution in [-0.4, -0.2) is 12.4 Å². The summed E-state index contributed by atoms with van der Waals surface area (Å²) in [6, 6.07) is 4.16. The molecule has 0 spiro atoms. The van der Waals surface area contributed by atoms with Gasteiger partial charge in [-0.3, -0.25) is 4.79 Å². The Morgan fingerprint density at radius 2 is 2.20 bits per heavy atom. The van der Waals surface area contributed by atoms with Crippen LogP contribution in [0.25, 0.3) is 0 Å². The van der Waals surface area contributed by atoms with E-state index in [1.165, 1.54) is 5.56 Å². The van der Waals surface area contributed by atoms with Crippen LogP contribution in [0.1, 0.15) is 66.4 Å². The van der Waals surface area contributed by atoms with Crippen LogP contribution in [0.15, 0.2) is 24.8 Å². The Morgan fingerprint density at radius 1 is 1.40 bits per heavy atom. The summed E-state index contributed by atoms with van der Waals surface area (Å²) in [5.41, 5.74) is 3.15. The number of fused-ring (bicyclic) bond motifs is 1. The van der Waals surface area contributed by atoms with Crippen LogP contribution in [0.2, 0.25) is 0 Å². The highest BCUT2D eigenvalue weighted by molar-refractivity contribution is 6.00. The van der Waals surface area contributed by atoms with Crippen molar-refractivity contribution in [3.63, 3.8) is 0 Å². The monoisotopic (exact) mass is 272 g/mol. The standard InChI is InChI=1S/C18H24O2/c1-4-6-8-14(7-5-2)15-11-13(3)12-16-17(19)9-10-20-18(15)16/h4,11-12,14H,1,5-10H2,2-3H3. The van der Waals surface area contributed by atoms with E-state index in [1.807, 2.05) is 12.1 Å². The van der Waals surface area contributed by atoms with Crippen molar-refractivity contribution < 1.29 is 9.53 Å². The second kappa shape index (κ2) is 6.74. The van der Waals surface area contributed by atoms with Crippen LogP contribution in [0.4, 0.5) is 0 Å². The molecule has 0 N–H and O–H groups in total. The molecule has 1 aliphatic heterocycles. The molecule has 1 aliphatic rings. The number of hydrogen-bond donors (Lipinski definition) is 0. The van der Waals surface area contributed by atoms with Gasteiger partial charge in [0.15, 0.2) is 5.78 Å². The molecule has 2 rings (SSSR count). The SMILES string of the molecule is C=CCCC(CCC)c1cc(C)cc2c1OCCC2=O. The molecule has 1 unspecified atom stereocenters. The van der Waals surface area contributed by atoms with Crippen molar-refractivity contribution in [2.24, 2.45) is 0 Å². The lowest BCUT2D eigenvalue weighted by atomic mass is 9.86. The van der Waals surface area contributed by atoms with Crippen molar-refractivity contribution in [1.29, 1.82) is 0 Å². The van der Waals surface area contributed by atoms with Crippen molar-refractivity contribution in [2.75, 3.05) is 6.61 Å². The van der Waals surface area contributed by atoms with Crippen LogP contribution in [-0.2, 0) is 0 Å². The van der Waals surface area contributed by atoms with Crippen LogP contribution < -0.4 is 4.74 Å². The molecular formula is C18H24O2. The van der Waals surface area contributed by atoms with E-state index in [9.17, 15) is 4.79 Å². The summed E-state index contributed by atoms with van der Waals surface area (Å²) >= 11 is 0. The molecule has 0 aromatic heterocycles. The first kappa shape index (κ1) is 14.8. The Morgan fingerprint density at radius 3 is 2.90 bits per heavy atom. The van der Waals surface area contributed by atoms with Gasteiger partial charge in [0.1, 0.15) is 5.75 Å². The molecule has 0 saturated carbocycles. The number of allylic oxidation sites excluding steroid dienone is 1. The third kappa shape index (κ3) is 3.12. The molecule has 1 aromatic carbocycles.